The number of imidazole rings is 1. The van der Waals surface area contributed by atoms with Crippen molar-refractivity contribution in [2.24, 2.45) is 0 Å². The van der Waals surface area contributed by atoms with Crippen molar-refractivity contribution in [3.8, 4) is 0 Å². The minimum absolute atomic E-state index is 0.304. The second kappa shape index (κ2) is 5.71. The average Bonchev–Trinajstić information content (AvgIpc) is 2.80. The van der Waals surface area contributed by atoms with Gasteiger partial charge in [0.2, 0.25) is 0 Å². The van der Waals surface area contributed by atoms with Gasteiger partial charge in [0.1, 0.15) is 5.82 Å². The van der Waals surface area contributed by atoms with E-state index < -0.39 is 0 Å². The third-order valence-corrected chi connectivity index (χ3v) is 4.38. The van der Waals surface area contributed by atoms with Crippen LogP contribution in [0.15, 0.2) is 40.1 Å². The van der Waals surface area contributed by atoms with Crippen molar-refractivity contribution in [1.29, 1.82) is 0 Å². The molecule has 0 saturated carbocycles. The fourth-order valence-corrected chi connectivity index (χ4v) is 3.28. The number of nitrogens with one attached hydrogen (secondary N) is 1. The van der Waals surface area contributed by atoms with Gasteiger partial charge < -0.3 is 4.98 Å². The van der Waals surface area contributed by atoms with Crippen LogP contribution in [0.3, 0.4) is 0 Å². The lowest BCUT2D eigenvalue weighted by molar-refractivity contribution is 0.617. The van der Waals surface area contributed by atoms with Gasteiger partial charge in [-0.1, -0.05) is 29.4 Å². The maximum atomic E-state index is 13.7. The lowest BCUT2D eigenvalue weighted by Crippen LogP contribution is -1.89. The highest BCUT2D eigenvalue weighted by molar-refractivity contribution is 9.10. The molecule has 0 amide bonds. The summed E-state index contributed by atoms with van der Waals surface area (Å²) in [6.45, 7) is 0. The molecule has 7 heteroatoms. The van der Waals surface area contributed by atoms with E-state index in [0.717, 1.165) is 9.99 Å². The molecule has 3 aromatic rings. The largest absolute Gasteiger partial charge is 0.331 e. The molecule has 20 heavy (non-hydrogen) atoms. The monoisotopic (exact) mass is 371 g/mol. The Labute approximate surface area is 132 Å². The predicted molar refractivity (Wildman–Crippen MR) is 82.6 cm³/mol. The third-order valence-electron chi connectivity index (χ3n) is 2.70. The lowest BCUT2D eigenvalue weighted by Gasteiger charge is -2.03. The molecule has 0 fully saturated rings. The minimum Gasteiger partial charge on any atom is -0.331 e. The van der Waals surface area contributed by atoms with Crippen molar-refractivity contribution in [3.05, 3.63) is 51.3 Å². The summed E-state index contributed by atoms with van der Waals surface area (Å²) in [5, 5.41) is 1.11. The summed E-state index contributed by atoms with van der Waals surface area (Å²) in [7, 11) is 0. The van der Waals surface area contributed by atoms with Crippen LogP contribution in [0.1, 0.15) is 5.56 Å². The van der Waals surface area contributed by atoms with E-state index in [1.807, 2.05) is 6.07 Å². The number of hydrogen-bond donors (Lipinski definition) is 1. The van der Waals surface area contributed by atoms with Gasteiger partial charge in [-0.15, -0.1) is 0 Å². The molecule has 1 aromatic carbocycles. The second-order valence-corrected chi connectivity index (χ2v) is 6.34. The number of rotatable bonds is 3. The van der Waals surface area contributed by atoms with Crippen LogP contribution in [0, 0.1) is 5.82 Å². The van der Waals surface area contributed by atoms with E-state index >= 15 is 0 Å². The molecule has 2 aromatic heterocycles. The zero-order valence-corrected chi connectivity index (χ0v) is 13.2. The van der Waals surface area contributed by atoms with Crippen molar-refractivity contribution in [1.82, 2.24) is 15.0 Å². The standard InChI is InChI=1S/C13H8BrClFN3S/c14-7-4-11-12(17-5-7)19-13(18-11)20-6-8-9(15)2-1-3-10(8)16/h1-5H,6H2,(H,17,18,19). The van der Waals surface area contributed by atoms with E-state index in [9.17, 15) is 4.39 Å². The van der Waals surface area contributed by atoms with Crippen LogP contribution in [0.25, 0.3) is 11.2 Å². The van der Waals surface area contributed by atoms with Gasteiger partial charge in [0.15, 0.2) is 10.8 Å². The fraction of sp³-hybridized carbons (Fsp3) is 0.0769. The molecule has 0 aliphatic heterocycles. The Morgan fingerprint density at radius 2 is 2.25 bits per heavy atom. The zero-order valence-electron chi connectivity index (χ0n) is 10.0. The minimum atomic E-state index is -0.304. The molecule has 1 N–H and O–H groups in total. The number of halogens is 3. The highest BCUT2D eigenvalue weighted by Crippen LogP contribution is 2.28. The number of pyridine rings is 1. The molecular formula is C13H8BrClFN3S. The molecule has 0 saturated heterocycles. The van der Waals surface area contributed by atoms with Gasteiger partial charge in [0.25, 0.3) is 0 Å². The number of fused-ring (bicyclic) bond motifs is 1. The molecule has 102 valence electrons. The molecule has 0 unspecified atom stereocenters. The first-order valence-electron chi connectivity index (χ1n) is 5.70. The van der Waals surface area contributed by atoms with E-state index in [-0.39, 0.29) is 5.82 Å². The van der Waals surface area contributed by atoms with Crippen LogP contribution in [0.4, 0.5) is 4.39 Å². The van der Waals surface area contributed by atoms with Crippen molar-refractivity contribution in [2.75, 3.05) is 0 Å². The van der Waals surface area contributed by atoms with Gasteiger partial charge in [0, 0.05) is 27.0 Å². The second-order valence-electron chi connectivity index (χ2n) is 4.06. The molecule has 0 radical (unpaired) electrons. The van der Waals surface area contributed by atoms with E-state index in [4.69, 9.17) is 11.6 Å². The number of benzene rings is 1. The van der Waals surface area contributed by atoms with Crippen LogP contribution < -0.4 is 0 Å². The predicted octanol–water partition coefficient (Wildman–Crippen LogP) is 4.81. The van der Waals surface area contributed by atoms with Gasteiger partial charge in [-0.05, 0) is 34.1 Å². The van der Waals surface area contributed by atoms with E-state index in [2.05, 4.69) is 30.9 Å². The Bertz CT molecular complexity index is 757. The third kappa shape index (κ3) is 2.82. The van der Waals surface area contributed by atoms with E-state index in [1.54, 1.807) is 18.3 Å². The Kier molecular flexibility index (Phi) is 3.96. The van der Waals surface area contributed by atoms with Gasteiger partial charge in [0.05, 0.1) is 5.52 Å². The summed E-state index contributed by atoms with van der Waals surface area (Å²) in [4.78, 5) is 11.7. The molecule has 0 bridgehead atoms. The summed E-state index contributed by atoms with van der Waals surface area (Å²) in [6.07, 6.45) is 1.69. The smallest absolute Gasteiger partial charge is 0.178 e. The summed E-state index contributed by atoms with van der Waals surface area (Å²) in [5.41, 5.74) is 1.95. The van der Waals surface area contributed by atoms with Crippen molar-refractivity contribution >= 4 is 50.5 Å². The fourth-order valence-electron chi connectivity index (χ4n) is 1.73. The van der Waals surface area contributed by atoms with Crippen molar-refractivity contribution in [2.45, 2.75) is 10.9 Å². The number of nitrogens with zero attached hydrogens (tertiary/aromatic N) is 2. The van der Waals surface area contributed by atoms with Crippen LogP contribution in [0.2, 0.25) is 5.02 Å². The van der Waals surface area contributed by atoms with Gasteiger partial charge in [-0.2, -0.15) is 0 Å². The van der Waals surface area contributed by atoms with Crippen molar-refractivity contribution in [3.63, 3.8) is 0 Å². The van der Waals surface area contributed by atoms with Gasteiger partial charge in [-0.3, -0.25) is 0 Å². The Morgan fingerprint density at radius 3 is 3.05 bits per heavy atom. The van der Waals surface area contributed by atoms with E-state index in [0.29, 0.717) is 27.1 Å². The van der Waals surface area contributed by atoms with E-state index in [1.165, 1.54) is 17.8 Å². The number of hydrogen-bond acceptors (Lipinski definition) is 3. The molecule has 3 rings (SSSR count). The summed E-state index contributed by atoms with van der Waals surface area (Å²) >= 11 is 10.7. The molecule has 3 nitrogen and oxygen atoms in total. The Hall–Kier alpha value is -1.11. The number of H-pyrrole nitrogens is 1. The highest BCUT2D eigenvalue weighted by atomic mass is 79.9. The van der Waals surface area contributed by atoms with Crippen LogP contribution in [-0.2, 0) is 5.75 Å². The molecule has 2 heterocycles. The Morgan fingerprint density at radius 1 is 1.40 bits per heavy atom. The summed E-state index contributed by atoms with van der Waals surface area (Å²) in [6, 6.07) is 6.57. The highest BCUT2D eigenvalue weighted by Gasteiger charge is 2.10. The SMILES string of the molecule is Fc1cccc(Cl)c1CSc1nc2ncc(Br)cc2[nH]1. The topological polar surface area (TPSA) is 41.6 Å². The summed E-state index contributed by atoms with van der Waals surface area (Å²) in [5.74, 6) is 0.106. The molecular weight excluding hydrogens is 365 g/mol. The van der Waals surface area contributed by atoms with Crippen LogP contribution in [-0.4, -0.2) is 15.0 Å². The molecule has 0 spiro atoms. The number of aromatic nitrogens is 3. The van der Waals surface area contributed by atoms with Gasteiger partial charge in [-0.25, -0.2) is 14.4 Å². The first-order valence-corrected chi connectivity index (χ1v) is 7.86. The lowest BCUT2D eigenvalue weighted by atomic mass is 10.2. The number of aromatic amines is 1. The maximum absolute atomic E-state index is 13.7. The van der Waals surface area contributed by atoms with Crippen LogP contribution in [0.5, 0.6) is 0 Å². The molecule has 0 aliphatic rings. The average molecular weight is 373 g/mol. The molecule has 0 atom stereocenters. The summed E-state index contributed by atoms with van der Waals surface area (Å²) < 4.78 is 14.5. The van der Waals surface area contributed by atoms with Crippen LogP contribution >= 0.6 is 39.3 Å². The first kappa shape index (κ1) is 13.9. The maximum Gasteiger partial charge on any atom is 0.178 e. The Balaban J connectivity index is 1.83. The normalized spacial score (nSPS) is 11.2. The molecule has 0 aliphatic carbocycles. The number of thioether (sulfide) groups is 1. The zero-order chi connectivity index (χ0) is 14.1. The first-order chi connectivity index (χ1) is 9.63. The van der Waals surface area contributed by atoms with Gasteiger partial charge >= 0.3 is 0 Å². The quantitative estimate of drug-likeness (QED) is 0.671. The van der Waals surface area contributed by atoms with Crippen molar-refractivity contribution < 1.29 is 4.39 Å².